The van der Waals surface area contributed by atoms with Gasteiger partial charge in [-0.05, 0) is 57.1 Å². The van der Waals surface area contributed by atoms with Crippen molar-refractivity contribution in [2.24, 2.45) is 5.73 Å². The van der Waals surface area contributed by atoms with E-state index in [-0.39, 0.29) is 11.4 Å². The van der Waals surface area contributed by atoms with Crippen molar-refractivity contribution in [1.29, 1.82) is 0 Å². The molecule has 1 aliphatic heterocycles. The van der Waals surface area contributed by atoms with Crippen LogP contribution in [-0.4, -0.2) is 44.2 Å². The smallest absolute Gasteiger partial charge is 0.123 e. The van der Waals surface area contributed by atoms with Gasteiger partial charge < -0.3 is 15.5 Å². The van der Waals surface area contributed by atoms with Gasteiger partial charge in [0, 0.05) is 25.8 Å². The lowest BCUT2D eigenvalue weighted by molar-refractivity contribution is 0.324. The molecule has 4 heteroatoms. The standard InChI is InChI=1S/C15H24FN3/c1-18-10-3-8-15(12-17,9-11-18)19(2)14-6-4-13(16)5-7-14/h4-7H,3,8-12,17H2,1-2H3. The van der Waals surface area contributed by atoms with E-state index >= 15 is 0 Å². The minimum absolute atomic E-state index is 0.0113. The lowest BCUT2D eigenvalue weighted by Crippen LogP contribution is -2.53. The summed E-state index contributed by atoms with van der Waals surface area (Å²) in [6.07, 6.45) is 3.29. The summed E-state index contributed by atoms with van der Waals surface area (Å²) in [5.41, 5.74) is 7.11. The van der Waals surface area contributed by atoms with Crippen LogP contribution in [0.5, 0.6) is 0 Å². The zero-order valence-electron chi connectivity index (χ0n) is 11.9. The van der Waals surface area contributed by atoms with Crippen LogP contribution in [0.25, 0.3) is 0 Å². The highest BCUT2D eigenvalue weighted by Crippen LogP contribution is 2.31. The largest absolute Gasteiger partial charge is 0.368 e. The quantitative estimate of drug-likeness (QED) is 0.908. The third-order valence-corrected chi connectivity index (χ3v) is 4.45. The van der Waals surface area contributed by atoms with Crippen molar-refractivity contribution in [3.63, 3.8) is 0 Å². The number of halogens is 1. The fourth-order valence-corrected chi connectivity index (χ4v) is 2.93. The minimum atomic E-state index is -0.195. The van der Waals surface area contributed by atoms with Crippen LogP contribution >= 0.6 is 0 Å². The molecule has 106 valence electrons. The molecular weight excluding hydrogens is 241 g/mol. The zero-order valence-corrected chi connectivity index (χ0v) is 11.9. The maximum Gasteiger partial charge on any atom is 0.123 e. The SMILES string of the molecule is CN1CCCC(CN)(N(C)c2ccc(F)cc2)CC1. The second-order valence-corrected chi connectivity index (χ2v) is 5.62. The van der Waals surface area contributed by atoms with Crippen LogP contribution < -0.4 is 10.6 Å². The van der Waals surface area contributed by atoms with Gasteiger partial charge in [0.2, 0.25) is 0 Å². The summed E-state index contributed by atoms with van der Waals surface area (Å²) in [5, 5.41) is 0. The number of hydrogen-bond acceptors (Lipinski definition) is 3. The molecule has 0 radical (unpaired) electrons. The third-order valence-electron chi connectivity index (χ3n) is 4.45. The molecule has 1 unspecified atom stereocenters. The van der Waals surface area contributed by atoms with E-state index in [0.29, 0.717) is 6.54 Å². The molecule has 0 bridgehead atoms. The first kappa shape index (κ1) is 14.3. The third kappa shape index (κ3) is 3.07. The number of rotatable bonds is 3. The molecule has 2 N–H and O–H groups in total. The van der Waals surface area contributed by atoms with Gasteiger partial charge in [0.05, 0.1) is 5.54 Å². The fraction of sp³-hybridized carbons (Fsp3) is 0.600. The predicted molar refractivity (Wildman–Crippen MR) is 77.9 cm³/mol. The van der Waals surface area contributed by atoms with Crippen molar-refractivity contribution in [2.45, 2.75) is 24.8 Å². The molecule has 2 rings (SSSR count). The second kappa shape index (κ2) is 5.88. The average Bonchev–Trinajstić information content (AvgIpc) is 2.61. The van der Waals surface area contributed by atoms with E-state index in [1.54, 1.807) is 0 Å². The first-order chi connectivity index (χ1) is 9.07. The maximum atomic E-state index is 13.0. The molecule has 0 amide bonds. The van der Waals surface area contributed by atoms with Gasteiger partial charge in [-0.1, -0.05) is 0 Å². The molecular formula is C15H24FN3. The van der Waals surface area contributed by atoms with Gasteiger partial charge in [0.1, 0.15) is 5.82 Å². The Morgan fingerprint density at radius 3 is 2.58 bits per heavy atom. The number of nitrogens with zero attached hydrogens (tertiary/aromatic N) is 2. The van der Waals surface area contributed by atoms with Gasteiger partial charge in [0.15, 0.2) is 0 Å². The monoisotopic (exact) mass is 265 g/mol. The summed E-state index contributed by atoms with van der Waals surface area (Å²) in [6.45, 7) is 2.82. The highest BCUT2D eigenvalue weighted by atomic mass is 19.1. The molecule has 0 spiro atoms. The van der Waals surface area contributed by atoms with Crippen molar-refractivity contribution in [1.82, 2.24) is 4.90 Å². The van der Waals surface area contributed by atoms with Gasteiger partial charge in [0.25, 0.3) is 0 Å². The molecule has 1 aromatic carbocycles. The van der Waals surface area contributed by atoms with Crippen LogP contribution in [0.4, 0.5) is 10.1 Å². The summed E-state index contributed by atoms with van der Waals surface area (Å²) in [6, 6.07) is 6.69. The van der Waals surface area contributed by atoms with Crippen molar-refractivity contribution >= 4 is 5.69 Å². The van der Waals surface area contributed by atoms with Crippen LogP contribution in [0.1, 0.15) is 19.3 Å². The minimum Gasteiger partial charge on any atom is -0.368 e. The van der Waals surface area contributed by atoms with Gasteiger partial charge in [-0.2, -0.15) is 0 Å². The zero-order chi connectivity index (χ0) is 13.9. The number of hydrogen-bond donors (Lipinski definition) is 1. The van der Waals surface area contributed by atoms with Crippen molar-refractivity contribution in [2.75, 3.05) is 38.6 Å². The number of anilines is 1. The Balaban J connectivity index is 2.22. The van der Waals surface area contributed by atoms with Gasteiger partial charge in [-0.15, -0.1) is 0 Å². The van der Waals surface area contributed by atoms with E-state index in [9.17, 15) is 4.39 Å². The van der Waals surface area contributed by atoms with Crippen LogP contribution in [0, 0.1) is 5.82 Å². The Morgan fingerprint density at radius 1 is 1.26 bits per heavy atom. The van der Waals surface area contributed by atoms with E-state index in [2.05, 4.69) is 23.9 Å². The Hall–Kier alpha value is -1.13. The number of benzene rings is 1. The molecule has 1 saturated heterocycles. The molecule has 0 aromatic heterocycles. The molecule has 3 nitrogen and oxygen atoms in total. The Labute approximate surface area is 115 Å². The molecule has 1 aromatic rings. The van der Waals surface area contributed by atoms with E-state index in [0.717, 1.165) is 38.0 Å². The molecule has 1 heterocycles. The second-order valence-electron chi connectivity index (χ2n) is 5.62. The van der Waals surface area contributed by atoms with Gasteiger partial charge in [-0.25, -0.2) is 4.39 Å². The molecule has 0 saturated carbocycles. The van der Waals surface area contributed by atoms with Crippen LogP contribution in [0.3, 0.4) is 0 Å². The molecule has 1 atom stereocenters. The van der Waals surface area contributed by atoms with E-state index in [1.807, 2.05) is 12.1 Å². The highest BCUT2D eigenvalue weighted by Gasteiger charge is 2.34. The first-order valence-corrected chi connectivity index (χ1v) is 6.95. The van der Waals surface area contributed by atoms with Crippen molar-refractivity contribution in [3.8, 4) is 0 Å². The Kier molecular flexibility index (Phi) is 4.42. The molecule has 0 aliphatic carbocycles. The summed E-state index contributed by atoms with van der Waals surface area (Å²) in [7, 11) is 4.23. The van der Waals surface area contributed by atoms with Crippen LogP contribution in [-0.2, 0) is 0 Å². The lowest BCUT2D eigenvalue weighted by Gasteiger charge is -2.42. The number of likely N-dealkylation sites (tertiary alicyclic amines) is 1. The number of nitrogens with two attached hydrogens (primary N) is 1. The predicted octanol–water partition coefficient (Wildman–Crippen LogP) is 2.08. The highest BCUT2D eigenvalue weighted by molar-refractivity contribution is 5.48. The van der Waals surface area contributed by atoms with Gasteiger partial charge >= 0.3 is 0 Å². The molecule has 1 fully saturated rings. The Bertz CT molecular complexity index is 406. The first-order valence-electron chi connectivity index (χ1n) is 6.95. The topological polar surface area (TPSA) is 32.5 Å². The Morgan fingerprint density at radius 2 is 1.95 bits per heavy atom. The number of likely N-dealkylation sites (N-methyl/N-ethyl adjacent to an activating group) is 1. The van der Waals surface area contributed by atoms with E-state index in [1.165, 1.54) is 12.1 Å². The van der Waals surface area contributed by atoms with E-state index < -0.39 is 0 Å². The summed E-state index contributed by atoms with van der Waals surface area (Å²) in [5.74, 6) is -0.195. The maximum absolute atomic E-state index is 13.0. The fourth-order valence-electron chi connectivity index (χ4n) is 2.93. The molecule has 19 heavy (non-hydrogen) atoms. The van der Waals surface area contributed by atoms with Crippen LogP contribution in [0.15, 0.2) is 24.3 Å². The van der Waals surface area contributed by atoms with Crippen molar-refractivity contribution < 1.29 is 4.39 Å². The average molecular weight is 265 g/mol. The van der Waals surface area contributed by atoms with E-state index in [4.69, 9.17) is 5.73 Å². The summed E-state index contributed by atoms with van der Waals surface area (Å²) >= 11 is 0. The lowest BCUT2D eigenvalue weighted by atomic mass is 9.88. The van der Waals surface area contributed by atoms with Crippen molar-refractivity contribution in [3.05, 3.63) is 30.1 Å². The summed E-state index contributed by atoms with van der Waals surface area (Å²) in [4.78, 5) is 4.60. The van der Waals surface area contributed by atoms with Gasteiger partial charge in [-0.3, -0.25) is 0 Å². The normalized spacial score (nSPS) is 25.1. The molecule has 1 aliphatic rings. The summed E-state index contributed by atoms with van der Waals surface area (Å²) < 4.78 is 13.0. The van der Waals surface area contributed by atoms with Crippen LogP contribution in [0.2, 0.25) is 0 Å².